The average molecular weight is 399 g/mol. The van der Waals surface area contributed by atoms with Crippen LogP contribution in [0.4, 0.5) is 0 Å². The van der Waals surface area contributed by atoms with Crippen LogP contribution in [0.15, 0.2) is 28.8 Å². The van der Waals surface area contributed by atoms with Crippen LogP contribution in [-0.2, 0) is 27.9 Å². The third kappa shape index (κ3) is 3.64. The molecular weight excluding hydrogens is 370 g/mol. The second-order valence-corrected chi connectivity index (χ2v) is 8.53. The van der Waals surface area contributed by atoms with Crippen molar-refractivity contribution < 1.29 is 18.8 Å². The number of likely N-dealkylation sites (N-methyl/N-ethyl adjacent to an activating group) is 1. The van der Waals surface area contributed by atoms with Gasteiger partial charge < -0.3 is 18.9 Å². The van der Waals surface area contributed by atoms with Crippen LogP contribution in [0, 0.1) is 5.41 Å². The second-order valence-electron chi connectivity index (χ2n) is 8.53. The van der Waals surface area contributed by atoms with Gasteiger partial charge in [0.2, 0.25) is 11.8 Å². The molecule has 1 aromatic carbocycles. The molecule has 0 unspecified atom stereocenters. The van der Waals surface area contributed by atoms with Crippen LogP contribution in [0.25, 0.3) is 0 Å². The molecule has 7 heteroatoms. The maximum absolute atomic E-state index is 13.6. The molecule has 2 fully saturated rings. The summed E-state index contributed by atoms with van der Waals surface area (Å²) in [6, 6.07) is 7.95. The second kappa shape index (κ2) is 7.78. The molecule has 1 spiro atoms. The first-order valence-corrected chi connectivity index (χ1v) is 10.2. The zero-order chi connectivity index (χ0) is 20.5. The molecule has 1 heterocycles. The van der Waals surface area contributed by atoms with Gasteiger partial charge in [-0.2, -0.15) is 4.98 Å². The van der Waals surface area contributed by atoms with Crippen LogP contribution in [0.5, 0.6) is 5.75 Å². The molecule has 0 radical (unpaired) electrons. The first kappa shape index (κ1) is 19.9. The van der Waals surface area contributed by atoms with E-state index in [4.69, 9.17) is 14.0 Å². The van der Waals surface area contributed by atoms with Gasteiger partial charge >= 0.3 is 0 Å². The van der Waals surface area contributed by atoms with E-state index in [0.717, 1.165) is 24.2 Å². The number of methoxy groups -OCH3 is 2. The number of benzene rings is 1. The smallest absolute Gasteiger partial charge is 0.246 e. The Bertz CT molecular complexity index is 849. The predicted octanol–water partition coefficient (Wildman–Crippen LogP) is 3.13. The molecule has 0 aliphatic heterocycles. The highest BCUT2D eigenvalue weighted by atomic mass is 16.5. The minimum absolute atomic E-state index is 0.122. The number of carbonyl (C=O) groups excluding carboxylic acids is 1. The summed E-state index contributed by atoms with van der Waals surface area (Å²) in [5, 5.41) is 3.97. The Labute approximate surface area is 171 Å². The molecule has 0 saturated heterocycles. The summed E-state index contributed by atoms with van der Waals surface area (Å²) in [5.41, 5.74) is 0.952. The van der Waals surface area contributed by atoms with E-state index in [9.17, 15) is 4.79 Å². The minimum atomic E-state index is -0.472. The topological polar surface area (TPSA) is 77.7 Å². The van der Waals surface area contributed by atoms with Gasteiger partial charge in [-0.15, -0.1) is 0 Å². The standard InChI is InChI=1S/C22H29N3O4/c1-25(13-19-23-18(24-29-19)9-12-27-2)20(26)22(14-21(15-22)10-4-11-21)16-5-7-17(28-3)8-6-16/h5-8H,4,9-15H2,1-3H3. The Morgan fingerprint density at radius 3 is 2.52 bits per heavy atom. The van der Waals surface area contributed by atoms with Gasteiger partial charge in [0.05, 0.1) is 25.7 Å². The fourth-order valence-electron chi connectivity index (χ4n) is 4.94. The lowest BCUT2D eigenvalue weighted by Gasteiger charge is -2.61. The van der Waals surface area contributed by atoms with E-state index in [1.807, 2.05) is 31.3 Å². The molecule has 7 nitrogen and oxygen atoms in total. The number of nitrogens with zero attached hydrogens (tertiary/aromatic N) is 3. The minimum Gasteiger partial charge on any atom is -0.497 e. The molecule has 29 heavy (non-hydrogen) atoms. The summed E-state index contributed by atoms with van der Waals surface area (Å²) >= 11 is 0. The molecule has 2 aliphatic carbocycles. The SMILES string of the molecule is COCCc1noc(CN(C)C(=O)C2(c3ccc(OC)cc3)CC3(CCC3)C2)n1. The average Bonchev–Trinajstić information content (AvgIpc) is 3.12. The summed E-state index contributed by atoms with van der Waals surface area (Å²) in [5.74, 6) is 1.98. The quantitative estimate of drug-likeness (QED) is 0.679. The highest BCUT2D eigenvalue weighted by Gasteiger charge is 2.61. The summed E-state index contributed by atoms with van der Waals surface area (Å²) in [7, 11) is 5.11. The fraction of sp³-hybridized carbons (Fsp3) is 0.591. The van der Waals surface area contributed by atoms with Gasteiger partial charge in [0, 0.05) is 20.6 Å². The Morgan fingerprint density at radius 1 is 1.21 bits per heavy atom. The Balaban J connectivity index is 1.51. The predicted molar refractivity (Wildman–Crippen MR) is 107 cm³/mol. The Kier molecular flexibility index (Phi) is 5.34. The lowest BCUT2D eigenvalue weighted by atomic mass is 9.43. The molecule has 2 aromatic rings. The zero-order valence-corrected chi connectivity index (χ0v) is 17.4. The first-order chi connectivity index (χ1) is 14.0. The van der Waals surface area contributed by atoms with Crippen molar-refractivity contribution in [2.75, 3.05) is 27.9 Å². The van der Waals surface area contributed by atoms with Gasteiger partial charge in [-0.3, -0.25) is 4.79 Å². The normalized spacial score (nSPS) is 18.7. The maximum Gasteiger partial charge on any atom is 0.246 e. The van der Waals surface area contributed by atoms with Gasteiger partial charge in [0.25, 0.3) is 0 Å². The van der Waals surface area contributed by atoms with Crippen LogP contribution >= 0.6 is 0 Å². The van der Waals surface area contributed by atoms with Crippen molar-refractivity contribution >= 4 is 5.91 Å². The molecule has 1 aromatic heterocycles. The molecule has 4 rings (SSSR count). The van der Waals surface area contributed by atoms with Gasteiger partial charge in [0.1, 0.15) is 5.75 Å². The molecule has 0 bridgehead atoms. The third-order valence-electron chi connectivity index (χ3n) is 6.58. The number of hydrogen-bond acceptors (Lipinski definition) is 6. The van der Waals surface area contributed by atoms with E-state index in [0.29, 0.717) is 36.7 Å². The summed E-state index contributed by atoms with van der Waals surface area (Å²) in [4.78, 5) is 19.7. The van der Waals surface area contributed by atoms with Crippen LogP contribution in [0.3, 0.4) is 0 Å². The highest BCUT2D eigenvalue weighted by Crippen LogP contribution is 2.65. The Hall–Kier alpha value is -2.41. The fourth-order valence-corrected chi connectivity index (χ4v) is 4.94. The molecule has 2 aliphatic rings. The van der Waals surface area contributed by atoms with E-state index in [2.05, 4.69) is 10.1 Å². The van der Waals surface area contributed by atoms with Crippen molar-refractivity contribution in [2.45, 2.75) is 50.5 Å². The molecule has 0 N–H and O–H groups in total. The zero-order valence-electron chi connectivity index (χ0n) is 17.4. The number of rotatable bonds is 8. The number of carbonyl (C=O) groups is 1. The monoisotopic (exact) mass is 399 g/mol. The number of amides is 1. The van der Waals surface area contributed by atoms with E-state index < -0.39 is 5.41 Å². The van der Waals surface area contributed by atoms with Crippen molar-refractivity contribution in [3.8, 4) is 5.75 Å². The number of ether oxygens (including phenoxy) is 2. The van der Waals surface area contributed by atoms with Gasteiger partial charge in [-0.05, 0) is 48.8 Å². The van der Waals surface area contributed by atoms with Crippen LogP contribution in [0.1, 0.15) is 49.4 Å². The molecular formula is C22H29N3O4. The molecule has 0 atom stereocenters. The number of aromatic nitrogens is 2. The van der Waals surface area contributed by atoms with Crippen LogP contribution < -0.4 is 4.74 Å². The summed E-state index contributed by atoms with van der Waals surface area (Å²) in [6.07, 6.45) is 6.16. The van der Waals surface area contributed by atoms with Crippen LogP contribution in [-0.4, -0.2) is 48.8 Å². The van der Waals surface area contributed by atoms with Gasteiger partial charge in [-0.1, -0.05) is 23.7 Å². The maximum atomic E-state index is 13.6. The van der Waals surface area contributed by atoms with E-state index in [-0.39, 0.29) is 5.91 Å². The van der Waals surface area contributed by atoms with Crippen molar-refractivity contribution in [2.24, 2.45) is 5.41 Å². The molecule has 2 saturated carbocycles. The lowest BCUT2D eigenvalue weighted by Crippen LogP contribution is -2.60. The van der Waals surface area contributed by atoms with Crippen molar-refractivity contribution in [3.63, 3.8) is 0 Å². The first-order valence-electron chi connectivity index (χ1n) is 10.2. The Morgan fingerprint density at radius 2 is 1.93 bits per heavy atom. The van der Waals surface area contributed by atoms with E-state index >= 15 is 0 Å². The molecule has 156 valence electrons. The van der Waals surface area contributed by atoms with E-state index in [1.54, 1.807) is 19.1 Å². The van der Waals surface area contributed by atoms with Crippen molar-refractivity contribution in [3.05, 3.63) is 41.5 Å². The van der Waals surface area contributed by atoms with Crippen molar-refractivity contribution in [1.29, 1.82) is 0 Å². The van der Waals surface area contributed by atoms with Crippen molar-refractivity contribution in [1.82, 2.24) is 15.0 Å². The summed E-state index contributed by atoms with van der Waals surface area (Å²) < 4.78 is 15.7. The van der Waals surface area contributed by atoms with Crippen LogP contribution in [0.2, 0.25) is 0 Å². The van der Waals surface area contributed by atoms with Gasteiger partial charge in [-0.25, -0.2) is 0 Å². The largest absolute Gasteiger partial charge is 0.497 e. The number of hydrogen-bond donors (Lipinski definition) is 0. The van der Waals surface area contributed by atoms with Gasteiger partial charge in [0.15, 0.2) is 5.82 Å². The van der Waals surface area contributed by atoms with E-state index in [1.165, 1.54) is 19.3 Å². The molecule has 1 amide bonds. The summed E-state index contributed by atoms with van der Waals surface area (Å²) in [6.45, 7) is 0.847. The highest BCUT2D eigenvalue weighted by molar-refractivity contribution is 5.89. The lowest BCUT2D eigenvalue weighted by molar-refractivity contribution is -0.153. The third-order valence-corrected chi connectivity index (χ3v) is 6.58.